The van der Waals surface area contributed by atoms with Crippen LogP contribution in [0.3, 0.4) is 0 Å². The summed E-state index contributed by atoms with van der Waals surface area (Å²) in [6.07, 6.45) is 1.05. The molecule has 2 rings (SSSR count). The maximum absolute atomic E-state index is 11.7. The zero-order chi connectivity index (χ0) is 12.4. The average molecular weight is 232 g/mol. The van der Waals surface area contributed by atoms with Gasteiger partial charge in [0.25, 0.3) is 0 Å². The minimum Gasteiger partial charge on any atom is -0.378 e. The van der Waals surface area contributed by atoms with Crippen LogP contribution in [0.2, 0.25) is 0 Å². The van der Waals surface area contributed by atoms with Gasteiger partial charge in [-0.15, -0.1) is 0 Å². The van der Waals surface area contributed by atoms with Gasteiger partial charge in [-0.25, -0.2) is 0 Å². The third-order valence-electron chi connectivity index (χ3n) is 3.34. The van der Waals surface area contributed by atoms with Crippen LogP contribution in [0.4, 0.5) is 5.69 Å². The second-order valence-corrected chi connectivity index (χ2v) is 5.10. The normalized spacial score (nSPS) is 22.1. The number of nitrogens with one attached hydrogen (secondary N) is 1. The molecule has 0 unspecified atom stereocenters. The minimum absolute atomic E-state index is 0.202. The van der Waals surface area contributed by atoms with Gasteiger partial charge >= 0.3 is 0 Å². The van der Waals surface area contributed by atoms with Gasteiger partial charge in [-0.1, -0.05) is 19.1 Å². The van der Waals surface area contributed by atoms with Crippen molar-refractivity contribution in [3.63, 3.8) is 0 Å². The Kier molecular flexibility index (Phi) is 3.36. The fourth-order valence-electron chi connectivity index (χ4n) is 1.95. The molecule has 3 heteroatoms. The molecule has 0 bridgehead atoms. The summed E-state index contributed by atoms with van der Waals surface area (Å²) in [4.78, 5) is 13.8. The Morgan fingerprint density at radius 2 is 2.18 bits per heavy atom. The lowest BCUT2D eigenvalue weighted by molar-refractivity contribution is -0.122. The number of hydrogen-bond donors (Lipinski definition) is 1. The molecule has 1 saturated carbocycles. The molecular weight excluding hydrogens is 212 g/mol. The summed E-state index contributed by atoms with van der Waals surface area (Å²) in [7, 11) is 4.03. The van der Waals surface area contributed by atoms with Gasteiger partial charge in [0.15, 0.2) is 0 Å². The van der Waals surface area contributed by atoms with Crippen molar-refractivity contribution >= 4 is 11.6 Å². The summed E-state index contributed by atoms with van der Waals surface area (Å²) in [5.41, 5.74) is 2.31. The number of anilines is 1. The highest BCUT2D eigenvalue weighted by Crippen LogP contribution is 2.37. The van der Waals surface area contributed by atoms with E-state index in [1.54, 1.807) is 0 Å². The van der Waals surface area contributed by atoms with Crippen molar-refractivity contribution in [1.82, 2.24) is 5.32 Å². The van der Waals surface area contributed by atoms with Crippen molar-refractivity contribution in [2.45, 2.75) is 19.9 Å². The third-order valence-corrected chi connectivity index (χ3v) is 3.34. The predicted molar refractivity (Wildman–Crippen MR) is 69.9 cm³/mol. The molecule has 1 aliphatic rings. The predicted octanol–water partition coefficient (Wildman–Crippen LogP) is 2.02. The van der Waals surface area contributed by atoms with Gasteiger partial charge in [0.05, 0.1) is 0 Å². The van der Waals surface area contributed by atoms with Crippen molar-refractivity contribution in [3.05, 3.63) is 29.8 Å². The Morgan fingerprint density at radius 3 is 2.76 bits per heavy atom. The molecule has 0 saturated heterocycles. The van der Waals surface area contributed by atoms with Gasteiger partial charge in [-0.2, -0.15) is 0 Å². The van der Waals surface area contributed by atoms with E-state index >= 15 is 0 Å². The Labute approximate surface area is 103 Å². The van der Waals surface area contributed by atoms with Crippen molar-refractivity contribution in [2.75, 3.05) is 19.0 Å². The first kappa shape index (κ1) is 12.0. The lowest BCUT2D eigenvalue weighted by Crippen LogP contribution is -2.24. The van der Waals surface area contributed by atoms with Crippen LogP contribution < -0.4 is 10.2 Å². The number of amides is 1. The zero-order valence-electron chi connectivity index (χ0n) is 10.7. The van der Waals surface area contributed by atoms with E-state index in [0.29, 0.717) is 12.5 Å². The quantitative estimate of drug-likeness (QED) is 0.861. The molecule has 2 atom stereocenters. The van der Waals surface area contributed by atoms with Crippen molar-refractivity contribution in [2.24, 2.45) is 11.8 Å². The molecule has 3 nitrogen and oxygen atoms in total. The highest BCUT2D eigenvalue weighted by Gasteiger charge is 2.38. The third kappa shape index (κ3) is 2.99. The van der Waals surface area contributed by atoms with Crippen LogP contribution in [0.5, 0.6) is 0 Å². The van der Waals surface area contributed by atoms with E-state index in [4.69, 9.17) is 0 Å². The first-order valence-corrected chi connectivity index (χ1v) is 6.12. The maximum Gasteiger partial charge on any atom is 0.223 e. The molecule has 0 spiro atoms. The lowest BCUT2D eigenvalue weighted by atomic mass is 10.2. The molecule has 1 aromatic rings. The Bertz CT molecular complexity index is 414. The molecule has 1 N–H and O–H groups in total. The van der Waals surface area contributed by atoms with E-state index in [1.165, 1.54) is 0 Å². The number of carbonyl (C=O) groups is 1. The lowest BCUT2D eigenvalue weighted by Gasteiger charge is -2.13. The van der Waals surface area contributed by atoms with E-state index < -0.39 is 0 Å². The largest absolute Gasteiger partial charge is 0.378 e. The molecule has 1 aromatic carbocycles. The highest BCUT2D eigenvalue weighted by molar-refractivity contribution is 5.81. The van der Waals surface area contributed by atoms with E-state index in [-0.39, 0.29) is 11.8 Å². The standard InChI is InChI=1S/C14H20N2O/c1-10-7-13(10)14(17)15-9-11-5-4-6-12(8-11)16(2)3/h4-6,8,10,13H,7,9H2,1-3H3,(H,15,17)/t10-,13+/m1/s1. The fraction of sp³-hybridized carbons (Fsp3) is 0.500. The van der Waals surface area contributed by atoms with Crippen LogP contribution in [0.25, 0.3) is 0 Å². The molecule has 17 heavy (non-hydrogen) atoms. The van der Waals surface area contributed by atoms with Crippen molar-refractivity contribution < 1.29 is 4.79 Å². The van der Waals surface area contributed by atoms with E-state index in [9.17, 15) is 4.79 Å². The summed E-state index contributed by atoms with van der Waals surface area (Å²) >= 11 is 0. The highest BCUT2D eigenvalue weighted by atomic mass is 16.2. The minimum atomic E-state index is 0.202. The van der Waals surface area contributed by atoms with E-state index in [2.05, 4.69) is 29.3 Å². The fourth-order valence-corrected chi connectivity index (χ4v) is 1.95. The number of carbonyl (C=O) groups excluding carboxylic acids is 1. The summed E-state index contributed by atoms with van der Waals surface area (Å²) < 4.78 is 0. The summed E-state index contributed by atoms with van der Waals surface area (Å²) in [6.45, 7) is 2.75. The summed E-state index contributed by atoms with van der Waals surface area (Å²) in [5, 5.41) is 3.00. The van der Waals surface area contributed by atoms with Gasteiger partial charge in [-0.3, -0.25) is 4.79 Å². The van der Waals surface area contributed by atoms with Crippen LogP contribution >= 0.6 is 0 Å². The summed E-state index contributed by atoms with van der Waals surface area (Å²) in [5.74, 6) is 1.03. The molecule has 1 amide bonds. The average Bonchev–Trinajstić information content (AvgIpc) is 3.04. The topological polar surface area (TPSA) is 32.3 Å². The van der Waals surface area contributed by atoms with Gasteiger partial charge < -0.3 is 10.2 Å². The number of benzene rings is 1. The number of hydrogen-bond acceptors (Lipinski definition) is 2. The van der Waals surface area contributed by atoms with Gasteiger partial charge in [0.2, 0.25) is 5.91 Å². The van der Waals surface area contributed by atoms with E-state index in [0.717, 1.165) is 17.7 Å². The van der Waals surface area contributed by atoms with Gasteiger partial charge in [0.1, 0.15) is 0 Å². The van der Waals surface area contributed by atoms with Crippen LogP contribution in [0, 0.1) is 11.8 Å². The first-order valence-electron chi connectivity index (χ1n) is 6.12. The zero-order valence-corrected chi connectivity index (χ0v) is 10.7. The Morgan fingerprint density at radius 1 is 1.47 bits per heavy atom. The number of rotatable bonds is 4. The molecule has 0 aromatic heterocycles. The molecule has 0 radical (unpaired) electrons. The molecule has 92 valence electrons. The Balaban J connectivity index is 1.90. The molecule has 1 fully saturated rings. The second kappa shape index (κ2) is 4.78. The summed E-state index contributed by atoms with van der Waals surface area (Å²) in [6, 6.07) is 8.24. The Hall–Kier alpha value is -1.51. The smallest absolute Gasteiger partial charge is 0.223 e. The number of nitrogens with zero attached hydrogens (tertiary/aromatic N) is 1. The monoisotopic (exact) mass is 232 g/mol. The van der Waals surface area contributed by atoms with Crippen LogP contribution in [-0.4, -0.2) is 20.0 Å². The van der Waals surface area contributed by atoms with Crippen LogP contribution in [-0.2, 0) is 11.3 Å². The molecule has 0 heterocycles. The van der Waals surface area contributed by atoms with Crippen LogP contribution in [0.1, 0.15) is 18.9 Å². The SMILES string of the molecule is C[C@@H]1C[C@@H]1C(=O)NCc1cccc(N(C)C)c1. The van der Waals surface area contributed by atoms with Crippen molar-refractivity contribution in [1.29, 1.82) is 0 Å². The molecular formula is C14H20N2O. The maximum atomic E-state index is 11.7. The van der Waals surface area contributed by atoms with Crippen LogP contribution in [0.15, 0.2) is 24.3 Å². The first-order chi connectivity index (χ1) is 8.08. The van der Waals surface area contributed by atoms with Crippen molar-refractivity contribution in [3.8, 4) is 0 Å². The second-order valence-electron chi connectivity index (χ2n) is 5.10. The van der Waals surface area contributed by atoms with Gasteiger partial charge in [-0.05, 0) is 30.0 Å². The van der Waals surface area contributed by atoms with E-state index in [1.807, 2.05) is 26.2 Å². The molecule has 1 aliphatic carbocycles. The van der Waals surface area contributed by atoms with Gasteiger partial charge in [0, 0.05) is 32.2 Å². The molecule has 0 aliphatic heterocycles.